The van der Waals surface area contributed by atoms with Crippen LogP contribution in [0.3, 0.4) is 0 Å². The van der Waals surface area contributed by atoms with Gasteiger partial charge in [-0.15, -0.1) is 0 Å². The Morgan fingerprint density at radius 1 is 0.806 bits per heavy atom. The van der Waals surface area contributed by atoms with Crippen molar-refractivity contribution in [2.75, 3.05) is 17.2 Å². The molecule has 0 atom stereocenters. The van der Waals surface area contributed by atoms with E-state index in [2.05, 4.69) is 10.6 Å². The molecular weight excluding hydrogens is 409 g/mol. The van der Waals surface area contributed by atoms with Gasteiger partial charge in [-0.2, -0.15) is 13.2 Å². The van der Waals surface area contributed by atoms with Crippen LogP contribution in [0.1, 0.15) is 33.2 Å². The van der Waals surface area contributed by atoms with Crippen LogP contribution in [0.4, 0.5) is 24.5 Å². The third-order valence-electron chi connectivity index (χ3n) is 4.31. The number of ether oxygens (including phenoxy) is 1. The van der Waals surface area contributed by atoms with E-state index in [0.717, 1.165) is 12.1 Å². The number of carbonyl (C=O) groups is 2. The predicted octanol–water partition coefficient (Wildman–Crippen LogP) is 5.61. The molecule has 31 heavy (non-hydrogen) atoms. The van der Waals surface area contributed by atoms with Crippen LogP contribution in [-0.2, 0) is 6.18 Å². The highest BCUT2D eigenvalue weighted by molar-refractivity contribution is 6.07. The maximum atomic E-state index is 13.1. The van der Waals surface area contributed by atoms with E-state index in [-0.39, 0.29) is 11.6 Å². The highest BCUT2D eigenvalue weighted by Gasteiger charge is 2.34. The number of anilines is 2. The molecule has 8 heteroatoms. The normalized spacial score (nSPS) is 11.0. The summed E-state index contributed by atoms with van der Waals surface area (Å²) < 4.78 is 44.6. The molecule has 3 aromatic rings. The molecule has 2 N–H and O–H groups in total. The summed E-state index contributed by atoms with van der Waals surface area (Å²) in [6, 6.07) is 17.2. The first-order chi connectivity index (χ1) is 14.8. The van der Waals surface area contributed by atoms with Gasteiger partial charge in [0.15, 0.2) is 0 Å². The Balaban J connectivity index is 1.66. The fourth-order valence-electron chi connectivity index (χ4n) is 2.84. The van der Waals surface area contributed by atoms with Gasteiger partial charge in [0.2, 0.25) is 0 Å². The summed E-state index contributed by atoms with van der Waals surface area (Å²) in [5.74, 6) is -0.573. The molecule has 5 nitrogen and oxygen atoms in total. The standard InChI is InChI=1S/C23H19F3N2O3/c1-2-31-18-13-11-17(12-14-18)27-21(29)15-7-9-16(10-8-15)28-22(30)19-5-3-4-6-20(19)23(24,25)26/h3-14H,2H2,1H3,(H,27,29)(H,28,30). The van der Waals surface area contributed by atoms with E-state index in [1.165, 1.54) is 36.4 Å². The van der Waals surface area contributed by atoms with Gasteiger partial charge >= 0.3 is 6.18 Å². The monoisotopic (exact) mass is 428 g/mol. The van der Waals surface area contributed by atoms with Gasteiger partial charge in [-0.3, -0.25) is 9.59 Å². The predicted molar refractivity (Wildman–Crippen MR) is 111 cm³/mol. The summed E-state index contributed by atoms with van der Waals surface area (Å²) in [5.41, 5.74) is -0.331. The van der Waals surface area contributed by atoms with Gasteiger partial charge in [0, 0.05) is 16.9 Å². The number of alkyl halides is 3. The van der Waals surface area contributed by atoms with Crippen LogP contribution in [0.2, 0.25) is 0 Å². The summed E-state index contributed by atoms with van der Waals surface area (Å²) >= 11 is 0. The van der Waals surface area contributed by atoms with Gasteiger partial charge in [0.25, 0.3) is 11.8 Å². The molecule has 0 heterocycles. The van der Waals surface area contributed by atoms with E-state index in [1.807, 2.05) is 6.92 Å². The molecule has 0 aliphatic rings. The van der Waals surface area contributed by atoms with Crippen LogP contribution in [0.5, 0.6) is 5.75 Å². The van der Waals surface area contributed by atoms with E-state index >= 15 is 0 Å². The molecule has 0 radical (unpaired) electrons. The maximum Gasteiger partial charge on any atom is 0.417 e. The zero-order chi connectivity index (χ0) is 22.4. The second-order valence-electron chi connectivity index (χ2n) is 6.49. The van der Waals surface area contributed by atoms with Gasteiger partial charge in [-0.25, -0.2) is 0 Å². The van der Waals surface area contributed by atoms with Crippen molar-refractivity contribution in [1.29, 1.82) is 0 Å². The van der Waals surface area contributed by atoms with Crippen molar-refractivity contribution < 1.29 is 27.5 Å². The first-order valence-corrected chi connectivity index (χ1v) is 9.40. The van der Waals surface area contributed by atoms with Crippen molar-refractivity contribution in [3.8, 4) is 5.75 Å². The SMILES string of the molecule is CCOc1ccc(NC(=O)c2ccc(NC(=O)c3ccccc3C(F)(F)F)cc2)cc1. The first kappa shape index (κ1) is 21.9. The van der Waals surface area contributed by atoms with Gasteiger partial charge in [-0.1, -0.05) is 12.1 Å². The Labute approximate surface area is 176 Å². The second kappa shape index (κ2) is 9.34. The van der Waals surface area contributed by atoms with Crippen molar-refractivity contribution >= 4 is 23.2 Å². The van der Waals surface area contributed by atoms with Gasteiger partial charge in [0.05, 0.1) is 17.7 Å². The molecule has 2 amide bonds. The number of amides is 2. The van der Waals surface area contributed by atoms with E-state index in [1.54, 1.807) is 24.3 Å². The van der Waals surface area contributed by atoms with Crippen LogP contribution in [-0.4, -0.2) is 18.4 Å². The number of halogens is 3. The molecular formula is C23H19F3N2O3. The number of benzene rings is 3. The van der Waals surface area contributed by atoms with Crippen LogP contribution in [0.15, 0.2) is 72.8 Å². The zero-order valence-corrected chi connectivity index (χ0v) is 16.5. The third kappa shape index (κ3) is 5.63. The summed E-state index contributed by atoms with van der Waals surface area (Å²) in [7, 11) is 0. The van der Waals surface area contributed by atoms with Crippen LogP contribution in [0, 0.1) is 0 Å². The molecule has 0 spiro atoms. The smallest absolute Gasteiger partial charge is 0.417 e. The Morgan fingerprint density at radius 2 is 1.35 bits per heavy atom. The van der Waals surface area contributed by atoms with Crippen molar-refractivity contribution in [3.05, 3.63) is 89.5 Å². The molecule has 0 aliphatic heterocycles. The summed E-state index contributed by atoms with van der Waals surface area (Å²) in [6.45, 7) is 2.41. The summed E-state index contributed by atoms with van der Waals surface area (Å²) in [5, 5.41) is 5.15. The third-order valence-corrected chi connectivity index (χ3v) is 4.31. The lowest BCUT2D eigenvalue weighted by atomic mass is 10.1. The quantitative estimate of drug-likeness (QED) is 0.536. The minimum Gasteiger partial charge on any atom is -0.494 e. The lowest BCUT2D eigenvalue weighted by Crippen LogP contribution is -2.18. The van der Waals surface area contributed by atoms with Crippen LogP contribution >= 0.6 is 0 Å². The average Bonchev–Trinajstić information content (AvgIpc) is 2.75. The van der Waals surface area contributed by atoms with Gasteiger partial charge in [0.1, 0.15) is 5.75 Å². The Hall–Kier alpha value is -3.81. The number of rotatable bonds is 6. The van der Waals surface area contributed by atoms with E-state index in [0.29, 0.717) is 23.6 Å². The molecule has 3 rings (SSSR count). The maximum absolute atomic E-state index is 13.1. The molecule has 0 saturated heterocycles. The lowest BCUT2D eigenvalue weighted by molar-refractivity contribution is -0.137. The van der Waals surface area contributed by atoms with Crippen molar-refractivity contribution in [2.24, 2.45) is 0 Å². The number of nitrogens with one attached hydrogen (secondary N) is 2. The fourth-order valence-corrected chi connectivity index (χ4v) is 2.84. The molecule has 160 valence electrons. The van der Waals surface area contributed by atoms with E-state index in [4.69, 9.17) is 4.74 Å². The molecule has 0 aliphatic carbocycles. The van der Waals surface area contributed by atoms with Gasteiger partial charge in [-0.05, 0) is 67.6 Å². The Bertz CT molecular complexity index is 1060. The molecule has 0 fully saturated rings. The van der Waals surface area contributed by atoms with Crippen LogP contribution in [0.25, 0.3) is 0 Å². The summed E-state index contributed by atoms with van der Waals surface area (Å²) in [6.07, 6.45) is -4.64. The van der Waals surface area contributed by atoms with Crippen molar-refractivity contribution in [1.82, 2.24) is 0 Å². The topological polar surface area (TPSA) is 67.4 Å². The van der Waals surface area contributed by atoms with Crippen LogP contribution < -0.4 is 15.4 Å². The van der Waals surface area contributed by atoms with Crippen molar-refractivity contribution in [2.45, 2.75) is 13.1 Å². The zero-order valence-electron chi connectivity index (χ0n) is 16.5. The van der Waals surface area contributed by atoms with E-state index in [9.17, 15) is 22.8 Å². The fraction of sp³-hybridized carbons (Fsp3) is 0.130. The van der Waals surface area contributed by atoms with E-state index < -0.39 is 23.2 Å². The highest BCUT2D eigenvalue weighted by Crippen LogP contribution is 2.32. The molecule has 0 saturated carbocycles. The second-order valence-corrected chi connectivity index (χ2v) is 6.49. The van der Waals surface area contributed by atoms with Crippen molar-refractivity contribution in [3.63, 3.8) is 0 Å². The highest BCUT2D eigenvalue weighted by atomic mass is 19.4. The minimum atomic E-state index is -4.64. The summed E-state index contributed by atoms with van der Waals surface area (Å²) in [4.78, 5) is 24.7. The number of hydrogen-bond acceptors (Lipinski definition) is 3. The first-order valence-electron chi connectivity index (χ1n) is 9.40. The molecule has 0 unspecified atom stereocenters. The largest absolute Gasteiger partial charge is 0.494 e. The Morgan fingerprint density at radius 3 is 1.94 bits per heavy atom. The Kier molecular flexibility index (Phi) is 6.59. The lowest BCUT2D eigenvalue weighted by Gasteiger charge is -2.13. The average molecular weight is 428 g/mol. The van der Waals surface area contributed by atoms with Gasteiger partial charge < -0.3 is 15.4 Å². The molecule has 0 bridgehead atoms. The molecule has 0 aromatic heterocycles. The number of hydrogen-bond donors (Lipinski definition) is 2. The number of carbonyl (C=O) groups excluding carboxylic acids is 2. The minimum absolute atomic E-state index is 0.264. The molecule has 3 aromatic carbocycles.